The molecular formula is C52H49N7O7. The third-order valence-corrected chi connectivity index (χ3v) is 13.5. The highest BCUT2D eigenvalue weighted by Gasteiger charge is 2.76. The summed E-state index contributed by atoms with van der Waals surface area (Å²) in [5.74, 6) is -2.04. The molecule has 3 saturated heterocycles. The highest BCUT2D eigenvalue weighted by molar-refractivity contribution is 6.24. The zero-order valence-corrected chi connectivity index (χ0v) is 36.3. The number of morpholine rings is 1. The molecule has 14 nitrogen and oxygen atoms in total. The third-order valence-electron chi connectivity index (χ3n) is 13.5. The molecule has 0 unspecified atom stereocenters. The van der Waals surface area contributed by atoms with Gasteiger partial charge in [0.2, 0.25) is 17.8 Å². The molecule has 7 atom stereocenters. The van der Waals surface area contributed by atoms with Gasteiger partial charge in [-0.2, -0.15) is 0 Å². The first-order valence-corrected chi connectivity index (χ1v) is 22.3. The molecule has 6 aromatic rings. The Labute approximate surface area is 382 Å². The quantitative estimate of drug-likeness (QED) is 0.148. The smallest absolute Gasteiger partial charge is 0.329 e. The minimum absolute atomic E-state index is 0.0686. The highest BCUT2D eigenvalue weighted by atomic mass is 16.6. The molecule has 4 amide bonds. The van der Waals surface area contributed by atoms with E-state index in [2.05, 4.69) is 15.3 Å². The fourth-order valence-electron chi connectivity index (χ4n) is 10.6. The summed E-state index contributed by atoms with van der Waals surface area (Å²) in [6.45, 7) is 3.07. The number of nitrogens with one attached hydrogen (secondary N) is 1. The number of aliphatic hydroxyl groups excluding tert-OH is 1. The fraction of sp³-hybridized carbons (Fsp3) is 0.269. The number of nitrogens with zero attached hydrogens (tertiary/aromatic N) is 6. The summed E-state index contributed by atoms with van der Waals surface area (Å²) in [7, 11) is 0. The van der Waals surface area contributed by atoms with Gasteiger partial charge in [-0.05, 0) is 59.0 Å². The number of urea groups is 1. The van der Waals surface area contributed by atoms with Crippen molar-refractivity contribution in [1.29, 1.82) is 0 Å². The van der Waals surface area contributed by atoms with Crippen molar-refractivity contribution in [1.82, 2.24) is 25.1 Å². The van der Waals surface area contributed by atoms with Crippen LogP contribution in [0.4, 0.5) is 16.4 Å². The molecule has 14 heteroatoms. The Morgan fingerprint density at radius 1 is 0.758 bits per heavy atom. The van der Waals surface area contributed by atoms with E-state index < -0.39 is 65.4 Å². The molecule has 0 bridgehead atoms. The number of aromatic nitrogens is 2. The maximum absolute atomic E-state index is 16.5. The SMILES string of the molecule is C[C@@H](NC(=O)N1C(=O)[C@@]2(c3ccccc31)[C@H](C(=O)N1CCN(c3ncccn3)CC1)[C@H]1C(=O)O[C@H](c3ccccc3)[C@H](c3ccccc3)N1[C@@H]2c1ccc(OCCO)cc1)c1ccccc1. The van der Waals surface area contributed by atoms with E-state index in [1.807, 2.05) is 132 Å². The first-order valence-electron chi connectivity index (χ1n) is 22.3. The predicted molar refractivity (Wildman–Crippen MR) is 245 cm³/mol. The number of para-hydroxylation sites is 1. The van der Waals surface area contributed by atoms with E-state index >= 15 is 14.4 Å². The van der Waals surface area contributed by atoms with Gasteiger partial charge < -0.3 is 29.7 Å². The number of anilines is 2. The zero-order valence-electron chi connectivity index (χ0n) is 36.3. The maximum atomic E-state index is 16.5. The number of ether oxygens (including phenoxy) is 2. The monoisotopic (exact) mass is 883 g/mol. The molecule has 0 radical (unpaired) electrons. The Morgan fingerprint density at radius 2 is 1.38 bits per heavy atom. The van der Waals surface area contributed by atoms with Gasteiger partial charge in [0.25, 0.3) is 0 Å². The number of benzene rings is 5. The van der Waals surface area contributed by atoms with Crippen LogP contribution in [0.2, 0.25) is 0 Å². The number of piperazine rings is 1. The number of carbonyl (C=O) groups excluding carboxylic acids is 4. The molecule has 2 N–H and O–H groups in total. The molecule has 66 heavy (non-hydrogen) atoms. The second-order valence-electron chi connectivity index (χ2n) is 17.0. The first kappa shape index (κ1) is 42.5. The molecule has 5 heterocycles. The van der Waals surface area contributed by atoms with Crippen molar-refractivity contribution in [2.24, 2.45) is 5.92 Å². The summed E-state index contributed by atoms with van der Waals surface area (Å²) in [6, 6.07) is 40.6. The molecule has 0 aliphatic carbocycles. The molecule has 1 aromatic heterocycles. The summed E-state index contributed by atoms with van der Waals surface area (Å²) < 4.78 is 12.4. The summed E-state index contributed by atoms with van der Waals surface area (Å²) in [5, 5.41) is 12.7. The Bertz CT molecular complexity index is 2710. The van der Waals surface area contributed by atoms with Crippen LogP contribution in [0.3, 0.4) is 0 Å². The van der Waals surface area contributed by atoms with Crippen molar-refractivity contribution in [3.63, 3.8) is 0 Å². The number of fused-ring (bicyclic) bond motifs is 3. The summed E-state index contributed by atoms with van der Waals surface area (Å²) >= 11 is 0. The molecule has 4 aliphatic heterocycles. The zero-order chi connectivity index (χ0) is 45.4. The van der Waals surface area contributed by atoms with E-state index in [9.17, 15) is 9.90 Å². The van der Waals surface area contributed by atoms with Crippen LogP contribution in [0, 0.1) is 5.92 Å². The summed E-state index contributed by atoms with van der Waals surface area (Å²) in [4.78, 5) is 78.6. The van der Waals surface area contributed by atoms with Crippen molar-refractivity contribution in [2.45, 2.75) is 42.6 Å². The van der Waals surface area contributed by atoms with Crippen LogP contribution >= 0.6 is 0 Å². The average molecular weight is 884 g/mol. The van der Waals surface area contributed by atoms with E-state index in [0.717, 1.165) is 16.7 Å². The molecule has 10 rings (SSSR count). The molecule has 5 aromatic carbocycles. The molecule has 3 fully saturated rings. The fourth-order valence-corrected chi connectivity index (χ4v) is 10.6. The number of amides is 4. The van der Waals surface area contributed by atoms with Crippen molar-refractivity contribution in [2.75, 3.05) is 49.2 Å². The number of imide groups is 1. The first-order chi connectivity index (χ1) is 32.3. The van der Waals surface area contributed by atoms with E-state index in [4.69, 9.17) is 9.47 Å². The van der Waals surface area contributed by atoms with Crippen LogP contribution in [0.1, 0.15) is 59.0 Å². The van der Waals surface area contributed by atoms with Gasteiger partial charge in [-0.3, -0.25) is 19.3 Å². The number of hydrogen-bond acceptors (Lipinski definition) is 11. The normalized spacial score (nSPS) is 24.1. The van der Waals surface area contributed by atoms with Crippen LogP contribution in [0.5, 0.6) is 5.75 Å². The van der Waals surface area contributed by atoms with Crippen LogP contribution < -0.4 is 19.9 Å². The second-order valence-corrected chi connectivity index (χ2v) is 17.0. The average Bonchev–Trinajstić information content (AvgIpc) is 3.83. The lowest BCUT2D eigenvalue weighted by molar-refractivity contribution is -0.179. The van der Waals surface area contributed by atoms with E-state index in [-0.39, 0.29) is 26.3 Å². The van der Waals surface area contributed by atoms with Crippen LogP contribution in [0.15, 0.2) is 158 Å². The lowest BCUT2D eigenvalue weighted by Gasteiger charge is -2.46. The van der Waals surface area contributed by atoms with Gasteiger partial charge in [-0.1, -0.05) is 121 Å². The topological polar surface area (TPSA) is 158 Å². The van der Waals surface area contributed by atoms with Crippen LogP contribution in [-0.4, -0.2) is 94.1 Å². The number of esters is 1. The number of carbonyl (C=O) groups is 4. The molecule has 334 valence electrons. The lowest BCUT2D eigenvalue weighted by Crippen LogP contribution is -2.59. The maximum Gasteiger partial charge on any atom is 0.329 e. The minimum Gasteiger partial charge on any atom is -0.491 e. The molecule has 1 spiro atoms. The number of cyclic esters (lactones) is 1. The van der Waals surface area contributed by atoms with Crippen LogP contribution in [0.25, 0.3) is 0 Å². The van der Waals surface area contributed by atoms with Crippen molar-refractivity contribution >= 4 is 35.5 Å². The molecular weight excluding hydrogens is 835 g/mol. The van der Waals surface area contributed by atoms with Crippen molar-refractivity contribution in [3.05, 3.63) is 186 Å². The van der Waals surface area contributed by atoms with E-state index in [1.54, 1.807) is 47.6 Å². The van der Waals surface area contributed by atoms with Crippen molar-refractivity contribution in [3.8, 4) is 5.75 Å². The van der Waals surface area contributed by atoms with Gasteiger partial charge in [0.15, 0.2) is 0 Å². The highest BCUT2D eigenvalue weighted by Crippen LogP contribution is 2.66. The standard InChI is InChI=1S/C52H49N7O7/c1-34(35-14-5-2-6-15-35)55-51(64)58-41-21-12-11-20-40(41)52(49(58)63)42(47(61)56-28-30-57(31-29-56)50-53-26-13-27-54-50)44-48(62)66-45(37-18-9-4-10-19-37)43(36-16-7-3-8-17-36)59(44)46(52)38-22-24-39(25-23-38)65-33-32-60/h2-27,34,42-46,60H,28-33H2,1H3,(H,55,64)/t34-,42+,43+,44+,45-,46-,52+/m1/s1. The van der Waals surface area contributed by atoms with Gasteiger partial charge >= 0.3 is 12.0 Å². The van der Waals surface area contributed by atoms with Crippen molar-refractivity contribution < 1.29 is 33.8 Å². The van der Waals surface area contributed by atoms with E-state index in [1.165, 1.54) is 4.90 Å². The Morgan fingerprint density at radius 3 is 2.05 bits per heavy atom. The van der Waals surface area contributed by atoms with E-state index in [0.29, 0.717) is 41.6 Å². The lowest BCUT2D eigenvalue weighted by atomic mass is 9.65. The number of aliphatic hydroxyl groups is 1. The Hall–Kier alpha value is -7.42. The molecule has 0 saturated carbocycles. The number of hydrogen-bond donors (Lipinski definition) is 2. The van der Waals surface area contributed by atoms with Gasteiger partial charge in [0, 0.05) is 38.6 Å². The van der Waals surface area contributed by atoms with Crippen LogP contribution in [-0.2, 0) is 24.5 Å². The van der Waals surface area contributed by atoms with Gasteiger partial charge in [-0.15, -0.1) is 0 Å². The Balaban J connectivity index is 1.19. The Kier molecular flexibility index (Phi) is 11.5. The van der Waals surface area contributed by atoms with Gasteiger partial charge in [0.05, 0.1) is 36.3 Å². The predicted octanol–water partition coefficient (Wildman–Crippen LogP) is 6.33. The summed E-state index contributed by atoms with van der Waals surface area (Å²) in [5.41, 5.74) is 1.90. The largest absolute Gasteiger partial charge is 0.491 e. The molecule has 4 aliphatic rings. The number of rotatable bonds is 10. The van der Waals surface area contributed by atoms with Gasteiger partial charge in [-0.25, -0.2) is 19.7 Å². The summed E-state index contributed by atoms with van der Waals surface area (Å²) in [6.07, 6.45) is 2.49. The minimum atomic E-state index is -1.86. The van der Waals surface area contributed by atoms with Gasteiger partial charge in [0.1, 0.15) is 29.9 Å². The third kappa shape index (κ3) is 7.22. The second kappa shape index (κ2) is 17.9.